The van der Waals surface area contributed by atoms with E-state index in [1.54, 1.807) is 4.90 Å². The number of aliphatic hydroxyl groups is 1. The number of fused-ring (bicyclic) bond motifs is 1. The summed E-state index contributed by atoms with van der Waals surface area (Å²) in [7, 11) is 0. The molecule has 2 atom stereocenters. The summed E-state index contributed by atoms with van der Waals surface area (Å²) < 4.78 is 6.06. The Morgan fingerprint density at radius 3 is 2.17 bits per heavy atom. The SMILES string of the molecule is O=C1C2CCCCN2C(=O)N1CC(O)COC(c1ccccc1)c1ccccc1. The molecule has 29 heavy (non-hydrogen) atoms. The molecule has 2 saturated heterocycles. The third-order valence-corrected chi connectivity index (χ3v) is 5.58. The van der Waals surface area contributed by atoms with Crippen LogP contribution in [0.3, 0.4) is 0 Å². The first kappa shape index (κ1) is 19.6. The molecule has 2 aromatic rings. The highest BCUT2D eigenvalue weighted by Gasteiger charge is 2.46. The number of piperidine rings is 1. The second-order valence-corrected chi connectivity index (χ2v) is 7.62. The second-order valence-electron chi connectivity index (χ2n) is 7.62. The average molecular weight is 394 g/mol. The summed E-state index contributed by atoms with van der Waals surface area (Å²) in [4.78, 5) is 27.9. The van der Waals surface area contributed by atoms with E-state index in [4.69, 9.17) is 4.74 Å². The van der Waals surface area contributed by atoms with Crippen LogP contribution in [0.15, 0.2) is 60.7 Å². The highest BCUT2D eigenvalue weighted by Crippen LogP contribution is 2.28. The molecule has 0 aliphatic carbocycles. The van der Waals surface area contributed by atoms with Gasteiger partial charge in [0.25, 0.3) is 5.91 Å². The number of aliphatic hydroxyl groups excluding tert-OH is 1. The average Bonchev–Trinajstić information content (AvgIpc) is 3.00. The van der Waals surface area contributed by atoms with Crippen molar-refractivity contribution in [3.63, 3.8) is 0 Å². The molecule has 0 spiro atoms. The standard InChI is InChI=1S/C23H26N2O4/c26-19(15-25-22(27)20-13-7-8-14-24(20)23(25)28)16-29-21(17-9-3-1-4-10-17)18-11-5-2-6-12-18/h1-6,9-12,19-21,26H,7-8,13-16H2. The highest BCUT2D eigenvalue weighted by atomic mass is 16.5. The molecular weight excluding hydrogens is 368 g/mol. The molecule has 2 fully saturated rings. The summed E-state index contributed by atoms with van der Waals surface area (Å²) in [5.74, 6) is -0.198. The van der Waals surface area contributed by atoms with Crippen molar-refractivity contribution in [1.82, 2.24) is 9.80 Å². The van der Waals surface area contributed by atoms with E-state index >= 15 is 0 Å². The van der Waals surface area contributed by atoms with Crippen LogP contribution in [-0.4, -0.2) is 58.7 Å². The fourth-order valence-corrected chi connectivity index (χ4v) is 4.13. The zero-order chi connectivity index (χ0) is 20.2. The van der Waals surface area contributed by atoms with Crippen LogP contribution in [0.2, 0.25) is 0 Å². The van der Waals surface area contributed by atoms with E-state index < -0.39 is 6.10 Å². The van der Waals surface area contributed by atoms with E-state index in [9.17, 15) is 14.7 Å². The van der Waals surface area contributed by atoms with Crippen molar-refractivity contribution in [2.45, 2.75) is 37.5 Å². The number of ether oxygens (including phenoxy) is 1. The normalized spacial score (nSPS) is 20.3. The summed E-state index contributed by atoms with van der Waals surface area (Å²) in [5.41, 5.74) is 1.97. The minimum Gasteiger partial charge on any atom is -0.389 e. The Labute approximate surface area is 170 Å². The third kappa shape index (κ3) is 4.18. The van der Waals surface area contributed by atoms with Gasteiger partial charge in [-0.25, -0.2) is 4.79 Å². The molecule has 0 saturated carbocycles. The first-order valence-corrected chi connectivity index (χ1v) is 10.2. The maximum absolute atomic E-state index is 12.6. The van der Waals surface area contributed by atoms with Crippen molar-refractivity contribution in [3.8, 4) is 0 Å². The number of imide groups is 1. The maximum Gasteiger partial charge on any atom is 0.327 e. The van der Waals surface area contributed by atoms with Gasteiger partial charge in [-0.15, -0.1) is 0 Å². The number of urea groups is 1. The van der Waals surface area contributed by atoms with Crippen LogP contribution in [0.5, 0.6) is 0 Å². The lowest BCUT2D eigenvalue weighted by Crippen LogP contribution is -2.40. The Bertz CT molecular complexity index is 779. The summed E-state index contributed by atoms with van der Waals surface area (Å²) in [6.45, 7) is 0.597. The number of carbonyl (C=O) groups excluding carboxylic acids is 2. The Balaban J connectivity index is 1.41. The van der Waals surface area contributed by atoms with Gasteiger partial charge in [0.15, 0.2) is 0 Å². The molecule has 2 unspecified atom stereocenters. The number of benzene rings is 2. The van der Waals surface area contributed by atoms with Gasteiger partial charge >= 0.3 is 6.03 Å². The number of hydrogen-bond acceptors (Lipinski definition) is 4. The molecule has 0 bridgehead atoms. The molecule has 2 aliphatic rings. The van der Waals surface area contributed by atoms with E-state index in [1.165, 1.54) is 4.90 Å². The topological polar surface area (TPSA) is 70.1 Å². The quantitative estimate of drug-likeness (QED) is 0.733. The first-order valence-electron chi connectivity index (χ1n) is 10.2. The monoisotopic (exact) mass is 394 g/mol. The van der Waals surface area contributed by atoms with Gasteiger partial charge in [0, 0.05) is 6.54 Å². The minimum atomic E-state index is -0.945. The summed E-state index contributed by atoms with van der Waals surface area (Å²) >= 11 is 0. The van der Waals surface area contributed by atoms with Crippen LogP contribution in [0.1, 0.15) is 36.5 Å². The van der Waals surface area contributed by atoms with E-state index in [0.717, 1.165) is 24.0 Å². The van der Waals surface area contributed by atoms with Gasteiger partial charge in [-0.3, -0.25) is 9.69 Å². The van der Waals surface area contributed by atoms with Crippen molar-refractivity contribution >= 4 is 11.9 Å². The number of amides is 3. The molecule has 1 N–H and O–H groups in total. The molecule has 3 amide bonds. The predicted molar refractivity (Wildman–Crippen MR) is 108 cm³/mol. The van der Waals surface area contributed by atoms with Crippen LogP contribution >= 0.6 is 0 Å². The number of rotatable bonds is 7. The van der Waals surface area contributed by atoms with E-state index in [2.05, 4.69) is 0 Å². The fraction of sp³-hybridized carbons (Fsp3) is 0.391. The van der Waals surface area contributed by atoms with Crippen LogP contribution < -0.4 is 0 Å². The zero-order valence-corrected chi connectivity index (χ0v) is 16.3. The van der Waals surface area contributed by atoms with Gasteiger partial charge in [-0.05, 0) is 30.4 Å². The molecule has 0 radical (unpaired) electrons. The van der Waals surface area contributed by atoms with Gasteiger partial charge in [0.05, 0.1) is 19.3 Å². The smallest absolute Gasteiger partial charge is 0.327 e. The molecule has 152 valence electrons. The number of hydrogen-bond donors (Lipinski definition) is 1. The van der Waals surface area contributed by atoms with Crippen LogP contribution in [0, 0.1) is 0 Å². The number of nitrogens with zero attached hydrogens (tertiary/aromatic N) is 2. The second kappa shape index (κ2) is 8.76. The molecule has 0 aromatic heterocycles. The predicted octanol–water partition coefficient (Wildman–Crippen LogP) is 2.97. The zero-order valence-electron chi connectivity index (χ0n) is 16.3. The number of carbonyl (C=O) groups is 2. The molecule has 2 aliphatic heterocycles. The Kier molecular flexibility index (Phi) is 5.92. The van der Waals surface area contributed by atoms with E-state index in [1.807, 2.05) is 60.7 Å². The van der Waals surface area contributed by atoms with Gasteiger partial charge in [-0.1, -0.05) is 60.7 Å². The maximum atomic E-state index is 12.6. The molecule has 6 nitrogen and oxygen atoms in total. The van der Waals surface area contributed by atoms with Crippen molar-refractivity contribution in [1.29, 1.82) is 0 Å². The molecule has 2 aromatic carbocycles. The van der Waals surface area contributed by atoms with Crippen molar-refractivity contribution in [2.75, 3.05) is 19.7 Å². The van der Waals surface area contributed by atoms with Crippen LogP contribution in [-0.2, 0) is 9.53 Å². The van der Waals surface area contributed by atoms with E-state index in [-0.39, 0.29) is 37.2 Å². The fourth-order valence-electron chi connectivity index (χ4n) is 4.13. The van der Waals surface area contributed by atoms with Crippen LogP contribution in [0.4, 0.5) is 4.79 Å². The Morgan fingerprint density at radius 2 is 1.59 bits per heavy atom. The van der Waals surface area contributed by atoms with Crippen molar-refractivity contribution in [2.24, 2.45) is 0 Å². The van der Waals surface area contributed by atoms with Gasteiger partial charge in [0.2, 0.25) is 0 Å². The summed E-state index contributed by atoms with van der Waals surface area (Å²) in [6.07, 6.45) is 1.31. The third-order valence-electron chi connectivity index (χ3n) is 5.58. The van der Waals surface area contributed by atoms with Crippen molar-refractivity contribution < 1.29 is 19.4 Å². The largest absolute Gasteiger partial charge is 0.389 e. The Hall–Kier alpha value is -2.70. The number of β-amino-alcohol motifs (C(OH)–C–C–N with tert-alkyl or cyclic N) is 1. The first-order chi connectivity index (χ1) is 14.1. The lowest BCUT2D eigenvalue weighted by Gasteiger charge is -2.26. The van der Waals surface area contributed by atoms with Gasteiger partial charge in [-0.2, -0.15) is 0 Å². The van der Waals surface area contributed by atoms with Gasteiger partial charge in [0.1, 0.15) is 12.1 Å². The lowest BCUT2D eigenvalue weighted by molar-refractivity contribution is -0.130. The van der Waals surface area contributed by atoms with Crippen LogP contribution in [0.25, 0.3) is 0 Å². The molecule has 2 heterocycles. The summed E-state index contributed by atoms with van der Waals surface area (Å²) in [6, 6.07) is 19.0. The van der Waals surface area contributed by atoms with Gasteiger partial charge < -0.3 is 14.7 Å². The molecule has 6 heteroatoms. The minimum absolute atomic E-state index is 0.0240. The highest BCUT2D eigenvalue weighted by molar-refractivity contribution is 6.04. The molecular formula is C23H26N2O4. The van der Waals surface area contributed by atoms with Crippen molar-refractivity contribution in [3.05, 3.63) is 71.8 Å². The summed E-state index contributed by atoms with van der Waals surface area (Å²) in [5, 5.41) is 10.5. The van der Waals surface area contributed by atoms with E-state index in [0.29, 0.717) is 13.0 Å². The molecule has 4 rings (SSSR count). The Morgan fingerprint density at radius 1 is 0.966 bits per heavy atom. The lowest BCUT2D eigenvalue weighted by atomic mass is 10.0.